The molecule has 5 heteroatoms. The van der Waals surface area contributed by atoms with Crippen LogP contribution in [0.15, 0.2) is 24.3 Å². The zero-order valence-corrected chi connectivity index (χ0v) is 10.1. The van der Waals surface area contributed by atoms with Gasteiger partial charge < -0.3 is 4.90 Å². The Balaban J connectivity index is 1.97. The van der Waals surface area contributed by atoms with E-state index >= 15 is 0 Å². The van der Waals surface area contributed by atoms with Gasteiger partial charge in [0.25, 0.3) is 0 Å². The zero-order chi connectivity index (χ0) is 13.0. The number of nitrogens with two attached hydrogens (primary N) is 1. The molecule has 0 aliphatic carbocycles. The Labute approximate surface area is 106 Å². The molecule has 0 radical (unpaired) electrons. The number of hydrogen-bond acceptors (Lipinski definition) is 4. The SMILES string of the molecule is N#Cc1ccc(N2CCC(C(=O)NN)CC2)cc1. The quantitative estimate of drug-likeness (QED) is 0.457. The number of rotatable bonds is 2. The largest absolute Gasteiger partial charge is 0.371 e. The molecule has 2 rings (SSSR count). The second-order valence-corrected chi connectivity index (χ2v) is 4.43. The Morgan fingerprint density at radius 2 is 1.94 bits per heavy atom. The molecule has 0 spiro atoms. The van der Waals surface area contributed by atoms with Crippen LogP contribution in [-0.4, -0.2) is 19.0 Å². The Morgan fingerprint density at radius 3 is 2.44 bits per heavy atom. The normalized spacial score (nSPS) is 16.1. The number of carbonyl (C=O) groups excluding carboxylic acids is 1. The molecule has 1 aliphatic heterocycles. The van der Waals surface area contributed by atoms with Gasteiger partial charge in [-0.3, -0.25) is 10.2 Å². The van der Waals surface area contributed by atoms with E-state index < -0.39 is 0 Å². The summed E-state index contributed by atoms with van der Waals surface area (Å²) >= 11 is 0. The van der Waals surface area contributed by atoms with Crippen molar-refractivity contribution in [2.24, 2.45) is 11.8 Å². The Bertz CT molecular complexity index is 455. The van der Waals surface area contributed by atoms with Crippen LogP contribution in [0.1, 0.15) is 18.4 Å². The van der Waals surface area contributed by atoms with Gasteiger partial charge in [-0.05, 0) is 37.1 Å². The number of hydrogen-bond donors (Lipinski definition) is 2. The third-order valence-electron chi connectivity index (χ3n) is 3.37. The number of piperidine rings is 1. The molecule has 1 aliphatic rings. The molecule has 1 aromatic carbocycles. The molecule has 18 heavy (non-hydrogen) atoms. The summed E-state index contributed by atoms with van der Waals surface area (Å²) in [6.45, 7) is 1.67. The number of nitriles is 1. The van der Waals surface area contributed by atoms with Gasteiger partial charge in [0.1, 0.15) is 0 Å². The second-order valence-electron chi connectivity index (χ2n) is 4.43. The lowest BCUT2D eigenvalue weighted by Gasteiger charge is -2.32. The van der Waals surface area contributed by atoms with Crippen molar-refractivity contribution in [3.8, 4) is 6.07 Å². The predicted octanol–water partition coefficient (Wildman–Crippen LogP) is 0.765. The van der Waals surface area contributed by atoms with E-state index in [9.17, 15) is 4.79 Å². The Kier molecular flexibility index (Phi) is 3.80. The minimum atomic E-state index is -0.0746. The average Bonchev–Trinajstić information content (AvgIpc) is 2.47. The van der Waals surface area contributed by atoms with Crippen LogP contribution in [0.3, 0.4) is 0 Å². The van der Waals surface area contributed by atoms with E-state index in [2.05, 4.69) is 16.4 Å². The fourth-order valence-corrected chi connectivity index (χ4v) is 2.26. The van der Waals surface area contributed by atoms with Crippen LogP contribution in [0.4, 0.5) is 5.69 Å². The average molecular weight is 244 g/mol. The third kappa shape index (κ3) is 2.60. The summed E-state index contributed by atoms with van der Waals surface area (Å²) in [5, 5.41) is 8.74. The van der Waals surface area contributed by atoms with Gasteiger partial charge in [0.15, 0.2) is 0 Å². The highest BCUT2D eigenvalue weighted by atomic mass is 16.2. The predicted molar refractivity (Wildman–Crippen MR) is 68.4 cm³/mol. The molecule has 3 N–H and O–H groups in total. The fraction of sp³-hybridized carbons (Fsp3) is 0.385. The van der Waals surface area contributed by atoms with E-state index in [0.717, 1.165) is 31.6 Å². The standard InChI is InChI=1S/C13H16N4O/c14-9-10-1-3-12(4-2-10)17-7-5-11(6-8-17)13(18)16-15/h1-4,11H,5-8,15H2,(H,16,18). The van der Waals surface area contributed by atoms with Gasteiger partial charge in [0, 0.05) is 24.7 Å². The van der Waals surface area contributed by atoms with Gasteiger partial charge >= 0.3 is 0 Å². The number of nitrogens with one attached hydrogen (secondary N) is 1. The van der Waals surface area contributed by atoms with E-state index in [1.807, 2.05) is 24.3 Å². The lowest BCUT2D eigenvalue weighted by atomic mass is 9.96. The van der Waals surface area contributed by atoms with Gasteiger partial charge in [0.2, 0.25) is 5.91 Å². The van der Waals surface area contributed by atoms with Crippen LogP contribution in [0.25, 0.3) is 0 Å². The summed E-state index contributed by atoms with van der Waals surface area (Å²) in [6.07, 6.45) is 1.62. The van der Waals surface area contributed by atoms with Crippen molar-refractivity contribution in [1.82, 2.24) is 5.43 Å². The summed E-state index contributed by atoms with van der Waals surface area (Å²) in [7, 11) is 0. The molecule has 1 aromatic rings. The van der Waals surface area contributed by atoms with Crippen LogP contribution in [0.2, 0.25) is 0 Å². The molecule has 1 heterocycles. The highest BCUT2D eigenvalue weighted by molar-refractivity contribution is 5.78. The lowest BCUT2D eigenvalue weighted by molar-refractivity contribution is -0.125. The Hall–Kier alpha value is -2.06. The summed E-state index contributed by atoms with van der Waals surface area (Å²) in [4.78, 5) is 13.6. The fourth-order valence-electron chi connectivity index (χ4n) is 2.26. The van der Waals surface area contributed by atoms with Crippen molar-refractivity contribution in [2.45, 2.75) is 12.8 Å². The maximum atomic E-state index is 11.4. The molecule has 0 atom stereocenters. The number of carbonyl (C=O) groups is 1. The molecule has 0 saturated carbocycles. The van der Waals surface area contributed by atoms with E-state index in [0.29, 0.717) is 5.56 Å². The van der Waals surface area contributed by atoms with Crippen molar-refractivity contribution in [3.05, 3.63) is 29.8 Å². The second kappa shape index (κ2) is 5.52. The van der Waals surface area contributed by atoms with Crippen molar-refractivity contribution in [2.75, 3.05) is 18.0 Å². The minimum absolute atomic E-state index is 0.0182. The highest BCUT2D eigenvalue weighted by Crippen LogP contribution is 2.23. The van der Waals surface area contributed by atoms with Crippen LogP contribution < -0.4 is 16.2 Å². The molecule has 0 aromatic heterocycles. The number of hydrazine groups is 1. The number of nitrogens with zero attached hydrogens (tertiary/aromatic N) is 2. The molecular formula is C13H16N4O. The monoisotopic (exact) mass is 244 g/mol. The zero-order valence-electron chi connectivity index (χ0n) is 10.1. The van der Waals surface area contributed by atoms with Crippen molar-refractivity contribution in [1.29, 1.82) is 5.26 Å². The molecule has 94 valence electrons. The summed E-state index contributed by atoms with van der Waals surface area (Å²) in [5.74, 6) is 5.08. The first kappa shape index (κ1) is 12.4. The molecule has 0 bridgehead atoms. The molecule has 1 fully saturated rings. The lowest BCUT2D eigenvalue weighted by Crippen LogP contribution is -2.42. The smallest absolute Gasteiger partial charge is 0.237 e. The van der Waals surface area contributed by atoms with Crippen LogP contribution in [0.5, 0.6) is 0 Å². The van der Waals surface area contributed by atoms with E-state index in [1.165, 1.54) is 0 Å². The van der Waals surface area contributed by atoms with Gasteiger partial charge in [0.05, 0.1) is 11.6 Å². The van der Waals surface area contributed by atoms with Gasteiger partial charge in [-0.25, -0.2) is 5.84 Å². The number of amides is 1. The van der Waals surface area contributed by atoms with Gasteiger partial charge in [-0.15, -0.1) is 0 Å². The van der Waals surface area contributed by atoms with Gasteiger partial charge in [-0.1, -0.05) is 0 Å². The van der Waals surface area contributed by atoms with E-state index in [4.69, 9.17) is 11.1 Å². The summed E-state index contributed by atoms with van der Waals surface area (Å²) in [6, 6.07) is 9.62. The molecule has 1 saturated heterocycles. The molecule has 0 unspecified atom stereocenters. The molecule has 5 nitrogen and oxygen atoms in total. The third-order valence-corrected chi connectivity index (χ3v) is 3.37. The molecule has 1 amide bonds. The summed E-state index contributed by atoms with van der Waals surface area (Å²) < 4.78 is 0. The highest BCUT2D eigenvalue weighted by Gasteiger charge is 2.24. The van der Waals surface area contributed by atoms with Crippen molar-refractivity contribution < 1.29 is 4.79 Å². The van der Waals surface area contributed by atoms with E-state index in [1.54, 1.807) is 0 Å². The van der Waals surface area contributed by atoms with Crippen LogP contribution in [0, 0.1) is 17.2 Å². The molecular weight excluding hydrogens is 228 g/mol. The number of anilines is 1. The first-order valence-corrected chi connectivity index (χ1v) is 6.00. The first-order valence-electron chi connectivity index (χ1n) is 6.00. The van der Waals surface area contributed by atoms with Crippen molar-refractivity contribution >= 4 is 11.6 Å². The van der Waals surface area contributed by atoms with E-state index in [-0.39, 0.29) is 11.8 Å². The maximum absolute atomic E-state index is 11.4. The Morgan fingerprint density at radius 1 is 1.33 bits per heavy atom. The van der Waals surface area contributed by atoms with Crippen LogP contribution in [-0.2, 0) is 4.79 Å². The van der Waals surface area contributed by atoms with Gasteiger partial charge in [-0.2, -0.15) is 5.26 Å². The van der Waals surface area contributed by atoms with Crippen molar-refractivity contribution in [3.63, 3.8) is 0 Å². The number of benzene rings is 1. The minimum Gasteiger partial charge on any atom is -0.371 e. The first-order chi connectivity index (χ1) is 8.74. The topological polar surface area (TPSA) is 82.2 Å². The summed E-state index contributed by atoms with van der Waals surface area (Å²) in [5.41, 5.74) is 3.97. The maximum Gasteiger partial charge on any atom is 0.237 e. The van der Waals surface area contributed by atoms with Crippen LogP contribution >= 0.6 is 0 Å².